The Morgan fingerprint density at radius 2 is 1.93 bits per heavy atom. The van der Waals surface area contributed by atoms with Crippen molar-refractivity contribution < 1.29 is 9.53 Å². The van der Waals surface area contributed by atoms with Gasteiger partial charge < -0.3 is 15.4 Å². The lowest BCUT2D eigenvalue weighted by Gasteiger charge is -2.42. The summed E-state index contributed by atoms with van der Waals surface area (Å²) in [4.78, 5) is 15.7. The van der Waals surface area contributed by atoms with Gasteiger partial charge >= 0.3 is 0 Å². The summed E-state index contributed by atoms with van der Waals surface area (Å²) in [6, 6.07) is 8.62. The van der Waals surface area contributed by atoms with Crippen LogP contribution in [0.25, 0.3) is 0 Å². The van der Waals surface area contributed by atoms with Crippen LogP contribution in [0.4, 0.5) is 0 Å². The summed E-state index contributed by atoms with van der Waals surface area (Å²) in [6.07, 6.45) is 8.61. The van der Waals surface area contributed by atoms with E-state index in [0.717, 1.165) is 64.6 Å². The summed E-state index contributed by atoms with van der Waals surface area (Å²) >= 11 is 0. The van der Waals surface area contributed by atoms with Crippen LogP contribution in [-0.2, 0) is 14.9 Å². The number of carbonyl (C=O) groups excluding carboxylic acids is 1. The molecule has 1 heterocycles. The molecule has 4 nitrogen and oxygen atoms in total. The lowest BCUT2D eigenvalue weighted by molar-refractivity contribution is -0.141. The van der Waals surface area contributed by atoms with E-state index >= 15 is 0 Å². The van der Waals surface area contributed by atoms with E-state index < -0.39 is 0 Å². The predicted octanol–water partition coefficient (Wildman–Crippen LogP) is 3.98. The van der Waals surface area contributed by atoms with E-state index in [-0.39, 0.29) is 23.9 Å². The highest BCUT2D eigenvalue weighted by atomic mass is 35.5. The number of ether oxygens (including phenoxy) is 1. The third-order valence-electron chi connectivity index (χ3n) is 6.12. The van der Waals surface area contributed by atoms with Crippen molar-refractivity contribution in [2.24, 2.45) is 5.73 Å². The van der Waals surface area contributed by atoms with Crippen LogP contribution in [0.1, 0.15) is 62.5 Å². The molecule has 1 saturated heterocycles. The fourth-order valence-electron chi connectivity index (χ4n) is 4.59. The smallest absolute Gasteiger partial charge is 0.233 e. The molecule has 0 radical (unpaired) electrons. The highest BCUT2D eigenvalue weighted by Crippen LogP contribution is 2.41. The minimum absolute atomic E-state index is 0. The van der Waals surface area contributed by atoms with Crippen LogP contribution >= 0.6 is 12.4 Å². The van der Waals surface area contributed by atoms with Crippen LogP contribution in [0, 0.1) is 6.92 Å². The van der Waals surface area contributed by atoms with Gasteiger partial charge in [-0.1, -0.05) is 49.1 Å². The molecule has 0 atom stereocenters. The van der Waals surface area contributed by atoms with Crippen LogP contribution in [0.5, 0.6) is 0 Å². The first kappa shape index (κ1) is 22.2. The molecule has 1 saturated carbocycles. The van der Waals surface area contributed by atoms with Gasteiger partial charge in [0, 0.05) is 19.7 Å². The average Bonchev–Trinajstić information content (AvgIpc) is 2.69. The molecule has 1 aromatic carbocycles. The van der Waals surface area contributed by atoms with Crippen molar-refractivity contribution in [3.8, 4) is 0 Å². The van der Waals surface area contributed by atoms with Gasteiger partial charge in [-0.3, -0.25) is 4.79 Å². The number of carbonyl (C=O) groups is 1. The van der Waals surface area contributed by atoms with Crippen LogP contribution in [-0.4, -0.2) is 43.2 Å². The van der Waals surface area contributed by atoms with Crippen molar-refractivity contribution in [1.82, 2.24) is 4.90 Å². The molecule has 0 unspecified atom stereocenters. The summed E-state index contributed by atoms with van der Waals surface area (Å²) in [5.41, 5.74) is 7.70. The number of nitrogens with two attached hydrogens (primary N) is 1. The maximum atomic E-state index is 13.6. The second-order valence-electron chi connectivity index (χ2n) is 8.02. The van der Waals surface area contributed by atoms with Crippen molar-refractivity contribution in [2.75, 3.05) is 26.2 Å². The van der Waals surface area contributed by atoms with Crippen LogP contribution in [0.15, 0.2) is 24.3 Å². The Hall–Kier alpha value is -1.10. The van der Waals surface area contributed by atoms with Crippen molar-refractivity contribution in [3.63, 3.8) is 0 Å². The molecule has 1 aliphatic carbocycles. The second-order valence-corrected chi connectivity index (χ2v) is 8.02. The van der Waals surface area contributed by atoms with Gasteiger partial charge in [-0.05, 0) is 51.1 Å². The van der Waals surface area contributed by atoms with E-state index in [1.807, 2.05) is 0 Å². The van der Waals surface area contributed by atoms with E-state index in [1.165, 1.54) is 17.5 Å². The van der Waals surface area contributed by atoms with Crippen LogP contribution in [0.2, 0.25) is 0 Å². The number of halogens is 1. The molecule has 2 aliphatic rings. The minimum Gasteiger partial charge on any atom is -0.378 e. The molecule has 3 rings (SSSR count). The zero-order chi connectivity index (χ0) is 18.4. The first-order valence-electron chi connectivity index (χ1n) is 10.3. The van der Waals surface area contributed by atoms with Gasteiger partial charge in [-0.25, -0.2) is 0 Å². The van der Waals surface area contributed by atoms with Crippen LogP contribution in [0.3, 0.4) is 0 Å². The maximum absolute atomic E-state index is 13.6. The molecular formula is C22H35ClN2O2. The number of rotatable bonds is 6. The fourth-order valence-corrected chi connectivity index (χ4v) is 4.59. The molecule has 1 aliphatic heterocycles. The number of aryl methyl sites for hydroxylation is 1. The van der Waals surface area contributed by atoms with Gasteiger partial charge in [0.05, 0.1) is 11.5 Å². The van der Waals surface area contributed by atoms with E-state index in [1.54, 1.807) is 0 Å². The average molecular weight is 395 g/mol. The number of piperidine rings is 1. The van der Waals surface area contributed by atoms with E-state index in [9.17, 15) is 4.79 Å². The Labute approximate surface area is 170 Å². The molecule has 0 spiro atoms. The van der Waals surface area contributed by atoms with Crippen molar-refractivity contribution in [3.05, 3.63) is 35.4 Å². The number of hydrogen-bond donors (Lipinski definition) is 1. The zero-order valence-corrected chi connectivity index (χ0v) is 17.4. The summed E-state index contributed by atoms with van der Waals surface area (Å²) in [6.45, 7) is 5.17. The van der Waals surface area contributed by atoms with Gasteiger partial charge in [0.1, 0.15) is 0 Å². The van der Waals surface area contributed by atoms with Gasteiger partial charge in [0.15, 0.2) is 0 Å². The van der Waals surface area contributed by atoms with Gasteiger partial charge in [0.25, 0.3) is 0 Å². The normalized spacial score (nSPS) is 20.1. The van der Waals surface area contributed by atoms with Gasteiger partial charge in [-0.15, -0.1) is 12.4 Å². The molecule has 2 N–H and O–H groups in total. The molecule has 0 aromatic heterocycles. The lowest BCUT2D eigenvalue weighted by Crippen LogP contribution is -2.51. The number of benzene rings is 1. The molecule has 27 heavy (non-hydrogen) atoms. The fraction of sp³-hybridized carbons (Fsp3) is 0.682. The third kappa shape index (κ3) is 5.24. The Balaban J connectivity index is 0.00000261. The number of likely N-dealkylation sites (tertiary alicyclic amines) is 1. The second kappa shape index (κ2) is 10.4. The summed E-state index contributed by atoms with van der Waals surface area (Å²) < 4.78 is 5.90. The highest BCUT2D eigenvalue weighted by Gasteiger charge is 2.44. The summed E-state index contributed by atoms with van der Waals surface area (Å²) in [5, 5.41) is 0. The SMILES string of the molecule is Cc1cccc(C2(C(=O)N3CCC(OCCCN)CC3)CCCCC2)c1.Cl. The quantitative estimate of drug-likeness (QED) is 0.742. The first-order valence-corrected chi connectivity index (χ1v) is 10.3. The van der Waals surface area contributed by atoms with Gasteiger partial charge in [0.2, 0.25) is 5.91 Å². The number of amides is 1. The molecular weight excluding hydrogens is 360 g/mol. The molecule has 152 valence electrons. The molecule has 1 aromatic rings. The Bertz CT molecular complexity index is 594. The summed E-state index contributed by atoms with van der Waals surface area (Å²) in [5.74, 6) is 0.350. The van der Waals surface area contributed by atoms with Crippen LogP contribution < -0.4 is 5.73 Å². The third-order valence-corrected chi connectivity index (χ3v) is 6.12. The minimum atomic E-state index is -0.308. The Kier molecular flexibility index (Phi) is 8.59. The van der Waals surface area contributed by atoms with Crippen molar-refractivity contribution in [2.45, 2.75) is 69.8 Å². The highest BCUT2D eigenvalue weighted by molar-refractivity contribution is 5.88. The predicted molar refractivity (Wildman–Crippen MR) is 112 cm³/mol. The largest absolute Gasteiger partial charge is 0.378 e. The van der Waals surface area contributed by atoms with E-state index in [4.69, 9.17) is 10.5 Å². The standard InChI is InChI=1S/C22H34N2O2.ClH/c1-18-7-5-8-19(17-18)22(11-3-2-4-12-22)21(25)24-14-9-20(10-15-24)26-16-6-13-23;/h5,7-8,17,20H,2-4,6,9-16,23H2,1H3;1H. The van der Waals surface area contributed by atoms with Crippen molar-refractivity contribution in [1.29, 1.82) is 0 Å². The molecule has 2 fully saturated rings. The molecule has 1 amide bonds. The first-order chi connectivity index (χ1) is 12.7. The topological polar surface area (TPSA) is 55.6 Å². The number of hydrogen-bond acceptors (Lipinski definition) is 3. The Morgan fingerprint density at radius 3 is 2.56 bits per heavy atom. The monoisotopic (exact) mass is 394 g/mol. The lowest BCUT2D eigenvalue weighted by atomic mass is 9.68. The van der Waals surface area contributed by atoms with Gasteiger partial charge in [-0.2, -0.15) is 0 Å². The van der Waals surface area contributed by atoms with E-state index in [2.05, 4.69) is 36.1 Å². The molecule has 0 bridgehead atoms. The zero-order valence-electron chi connectivity index (χ0n) is 16.6. The Morgan fingerprint density at radius 1 is 1.22 bits per heavy atom. The maximum Gasteiger partial charge on any atom is 0.233 e. The van der Waals surface area contributed by atoms with Crippen molar-refractivity contribution >= 4 is 18.3 Å². The summed E-state index contributed by atoms with van der Waals surface area (Å²) in [7, 11) is 0. The van der Waals surface area contributed by atoms with E-state index in [0.29, 0.717) is 12.5 Å². The molecule has 5 heteroatoms. The number of nitrogens with zero attached hydrogens (tertiary/aromatic N) is 1.